The first-order valence-corrected chi connectivity index (χ1v) is 12.5. The Morgan fingerprint density at radius 3 is 2.50 bits per heavy atom. The molecule has 0 unspecified atom stereocenters. The average molecular weight is 461 g/mol. The summed E-state index contributed by atoms with van der Waals surface area (Å²) in [7, 11) is 0. The van der Waals surface area contributed by atoms with Crippen molar-refractivity contribution in [1.82, 2.24) is 9.97 Å². The van der Waals surface area contributed by atoms with Gasteiger partial charge in [-0.1, -0.05) is 48.0 Å². The molecule has 162 valence electrons. The van der Waals surface area contributed by atoms with Crippen molar-refractivity contribution in [2.45, 2.75) is 25.7 Å². The fourth-order valence-electron chi connectivity index (χ4n) is 4.96. The van der Waals surface area contributed by atoms with Crippen LogP contribution in [0.1, 0.15) is 28.2 Å². The Kier molecular flexibility index (Phi) is 5.24. The van der Waals surface area contributed by atoms with Crippen molar-refractivity contribution in [3.8, 4) is 0 Å². The number of halogens is 1. The molecular weight excluding hydrogens is 436 g/mol. The molecular formula is C26H25ClN4S. The minimum Gasteiger partial charge on any atom is -0.368 e. The number of thiophene rings is 1. The zero-order valence-corrected chi connectivity index (χ0v) is 19.5. The normalized spacial score (nSPS) is 16.0. The highest BCUT2D eigenvalue weighted by molar-refractivity contribution is 7.19. The Morgan fingerprint density at radius 2 is 1.69 bits per heavy atom. The van der Waals surface area contributed by atoms with Crippen LogP contribution < -0.4 is 9.80 Å². The molecule has 32 heavy (non-hydrogen) atoms. The largest absolute Gasteiger partial charge is 0.368 e. The molecule has 4 nitrogen and oxygen atoms in total. The van der Waals surface area contributed by atoms with Gasteiger partial charge in [0.1, 0.15) is 16.5 Å². The summed E-state index contributed by atoms with van der Waals surface area (Å²) in [6.45, 7) is 3.83. The van der Waals surface area contributed by atoms with E-state index in [1.807, 2.05) is 23.5 Å². The Hall–Kier alpha value is -2.63. The van der Waals surface area contributed by atoms with Gasteiger partial charge in [-0.2, -0.15) is 0 Å². The molecule has 1 aliphatic carbocycles. The SMILES string of the molecule is Clc1cccc(N2CCN(c3nc(Cc4ccccc4)nc4sc5c(c34)CCC5)CC2)c1. The van der Waals surface area contributed by atoms with Crippen LogP contribution in [0, 0.1) is 0 Å². The van der Waals surface area contributed by atoms with E-state index in [9.17, 15) is 0 Å². The summed E-state index contributed by atoms with van der Waals surface area (Å²) in [4.78, 5) is 17.8. The van der Waals surface area contributed by atoms with Gasteiger partial charge in [0.15, 0.2) is 0 Å². The summed E-state index contributed by atoms with van der Waals surface area (Å²) in [6.07, 6.45) is 4.37. The molecule has 0 atom stereocenters. The first-order chi connectivity index (χ1) is 15.7. The quantitative estimate of drug-likeness (QED) is 0.388. The summed E-state index contributed by atoms with van der Waals surface area (Å²) in [5, 5.41) is 2.11. The molecule has 0 saturated carbocycles. The summed E-state index contributed by atoms with van der Waals surface area (Å²) in [5.74, 6) is 2.07. The monoisotopic (exact) mass is 460 g/mol. The second-order valence-electron chi connectivity index (χ2n) is 8.62. The van der Waals surface area contributed by atoms with Gasteiger partial charge >= 0.3 is 0 Å². The number of hydrogen-bond acceptors (Lipinski definition) is 5. The molecule has 1 saturated heterocycles. The lowest BCUT2D eigenvalue weighted by Gasteiger charge is -2.37. The summed E-state index contributed by atoms with van der Waals surface area (Å²) in [6, 6.07) is 18.7. The number of rotatable bonds is 4. The van der Waals surface area contributed by atoms with Gasteiger partial charge in [0, 0.05) is 48.2 Å². The van der Waals surface area contributed by atoms with Gasteiger partial charge in [0.05, 0.1) is 5.39 Å². The molecule has 0 bridgehead atoms. The van der Waals surface area contributed by atoms with Crippen LogP contribution in [0.3, 0.4) is 0 Å². The molecule has 1 aliphatic heterocycles. The molecule has 0 radical (unpaired) electrons. The van der Waals surface area contributed by atoms with E-state index >= 15 is 0 Å². The fraction of sp³-hybridized carbons (Fsp3) is 0.308. The van der Waals surface area contributed by atoms with E-state index in [0.29, 0.717) is 0 Å². The maximum atomic E-state index is 6.23. The summed E-state index contributed by atoms with van der Waals surface area (Å²) >= 11 is 8.11. The minimum absolute atomic E-state index is 0.773. The lowest BCUT2D eigenvalue weighted by atomic mass is 10.1. The van der Waals surface area contributed by atoms with E-state index < -0.39 is 0 Å². The number of benzene rings is 2. The van der Waals surface area contributed by atoms with Crippen LogP contribution in [0.5, 0.6) is 0 Å². The van der Waals surface area contributed by atoms with E-state index in [1.165, 1.54) is 44.7 Å². The topological polar surface area (TPSA) is 32.3 Å². The number of nitrogens with zero attached hydrogens (tertiary/aromatic N) is 4. The number of aryl methyl sites for hydroxylation is 2. The lowest BCUT2D eigenvalue weighted by Crippen LogP contribution is -2.47. The fourth-order valence-corrected chi connectivity index (χ4v) is 6.41. The molecule has 0 N–H and O–H groups in total. The van der Waals surface area contributed by atoms with E-state index in [0.717, 1.165) is 55.7 Å². The van der Waals surface area contributed by atoms with Crippen molar-refractivity contribution in [2.75, 3.05) is 36.0 Å². The van der Waals surface area contributed by atoms with Gasteiger partial charge in [-0.3, -0.25) is 0 Å². The standard InChI is InChI=1S/C26H25ClN4S/c27-19-8-4-9-20(17-19)30-12-14-31(15-13-30)25-24-21-10-5-11-22(21)32-26(24)29-23(28-25)16-18-6-2-1-3-7-18/h1-4,6-9,17H,5,10-16H2. The number of piperazine rings is 1. The third-order valence-corrected chi connectivity index (χ3v) is 7.97. The van der Waals surface area contributed by atoms with Crippen LogP contribution >= 0.6 is 22.9 Å². The smallest absolute Gasteiger partial charge is 0.141 e. The first kappa shape index (κ1) is 20.0. The molecule has 6 rings (SSSR count). The Labute approximate surface area is 197 Å². The Balaban J connectivity index is 1.33. The average Bonchev–Trinajstić information content (AvgIpc) is 3.41. The molecule has 6 heteroatoms. The van der Waals surface area contributed by atoms with Crippen molar-refractivity contribution >= 4 is 44.7 Å². The second kappa shape index (κ2) is 8.38. The Morgan fingerprint density at radius 1 is 0.875 bits per heavy atom. The van der Waals surface area contributed by atoms with Crippen molar-refractivity contribution in [1.29, 1.82) is 0 Å². The molecule has 3 heterocycles. The maximum absolute atomic E-state index is 6.23. The molecule has 2 aliphatic rings. The van der Waals surface area contributed by atoms with Crippen LogP contribution in [0.2, 0.25) is 5.02 Å². The van der Waals surface area contributed by atoms with Crippen molar-refractivity contribution in [2.24, 2.45) is 0 Å². The van der Waals surface area contributed by atoms with Crippen molar-refractivity contribution in [3.63, 3.8) is 0 Å². The van der Waals surface area contributed by atoms with Crippen LogP contribution in [-0.2, 0) is 19.3 Å². The van der Waals surface area contributed by atoms with E-state index in [4.69, 9.17) is 21.6 Å². The third kappa shape index (κ3) is 3.74. The summed E-state index contributed by atoms with van der Waals surface area (Å²) in [5.41, 5.74) is 3.96. The van der Waals surface area contributed by atoms with Crippen LogP contribution in [0.25, 0.3) is 10.2 Å². The number of anilines is 2. The highest BCUT2D eigenvalue weighted by Crippen LogP contribution is 2.41. The maximum Gasteiger partial charge on any atom is 0.141 e. The second-order valence-corrected chi connectivity index (χ2v) is 10.1. The van der Waals surface area contributed by atoms with Gasteiger partial charge in [-0.25, -0.2) is 9.97 Å². The molecule has 0 spiro atoms. The number of aromatic nitrogens is 2. The molecule has 4 aromatic rings. The molecule has 2 aromatic heterocycles. The number of hydrogen-bond donors (Lipinski definition) is 0. The van der Waals surface area contributed by atoms with Crippen molar-refractivity contribution < 1.29 is 0 Å². The zero-order chi connectivity index (χ0) is 21.5. The van der Waals surface area contributed by atoms with Gasteiger partial charge in [0.2, 0.25) is 0 Å². The van der Waals surface area contributed by atoms with E-state index in [2.05, 4.69) is 52.3 Å². The van der Waals surface area contributed by atoms with Gasteiger partial charge in [-0.15, -0.1) is 11.3 Å². The van der Waals surface area contributed by atoms with E-state index in [1.54, 1.807) is 0 Å². The molecule has 0 amide bonds. The van der Waals surface area contributed by atoms with Gasteiger partial charge in [0.25, 0.3) is 0 Å². The molecule has 2 aromatic carbocycles. The third-order valence-electron chi connectivity index (χ3n) is 6.55. The Bertz CT molecular complexity index is 1260. The minimum atomic E-state index is 0.773. The zero-order valence-electron chi connectivity index (χ0n) is 17.9. The molecule has 1 fully saturated rings. The van der Waals surface area contributed by atoms with Crippen molar-refractivity contribution in [3.05, 3.63) is 81.4 Å². The van der Waals surface area contributed by atoms with Gasteiger partial charge < -0.3 is 9.80 Å². The van der Waals surface area contributed by atoms with E-state index in [-0.39, 0.29) is 0 Å². The first-order valence-electron chi connectivity index (χ1n) is 11.4. The predicted octanol–water partition coefficient (Wildman–Crippen LogP) is 5.75. The number of fused-ring (bicyclic) bond motifs is 3. The highest BCUT2D eigenvalue weighted by atomic mass is 35.5. The summed E-state index contributed by atoms with van der Waals surface area (Å²) < 4.78 is 0. The van der Waals surface area contributed by atoms with Crippen LogP contribution in [0.15, 0.2) is 54.6 Å². The van der Waals surface area contributed by atoms with Crippen LogP contribution in [-0.4, -0.2) is 36.1 Å². The van der Waals surface area contributed by atoms with Gasteiger partial charge in [-0.05, 0) is 48.6 Å². The lowest BCUT2D eigenvalue weighted by molar-refractivity contribution is 0.647. The predicted molar refractivity (Wildman–Crippen MR) is 135 cm³/mol. The highest BCUT2D eigenvalue weighted by Gasteiger charge is 2.27. The van der Waals surface area contributed by atoms with Crippen LogP contribution in [0.4, 0.5) is 11.5 Å².